The average Bonchev–Trinajstić information content (AvgIpc) is 2.34. The van der Waals surface area contributed by atoms with Crippen molar-refractivity contribution in [2.75, 3.05) is 0 Å². The molecule has 4 rings (SSSR count). The van der Waals surface area contributed by atoms with Gasteiger partial charge in [-0.2, -0.15) is 0 Å². The van der Waals surface area contributed by atoms with E-state index in [1.807, 2.05) is 36.4 Å². The molecule has 0 aliphatic heterocycles. The molecule has 3 aromatic carbocycles. The summed E-state index contributed by atoms with van der Waals surface area (Å²) < 4.78 is 0. The Morgan fingerprint density at radius 2 is 1.17 bits per heavy atom. The van der Waals surface area contributed by atoms with Crippen molar-refractivity contribution in [1.29, 1.82) is 0 Å². The Bertz CT molecular complexity index is 735. The summed E-state index contributed by atoms with van der Waals surface area (Å²) in [4.78, 5) is 0. The van der Waals surface area contributed by atoms with E-state index in [9.17, 15) is 10.2 Å². The molecule has 0 saturated carbocycles. The van der Waals surface area contributed by atoms with Gasteiger partial charge in [-0.15, -0.1) is 0 Å². The fraction of sp³-hybridized carbons (Fsp3) is 0.125. The van der Waals surface area contributed by atoms with Gasteiger partial charge in [-0.3, -0.25) is 0 Å². The van der Waals surface area contributed by atoms with Crippen LogP contribution in [0.25, 0.3) is 21.5 Å². The molecule has 0 aromatic heterocycles. The van der Waals surface area contributed by atoms with Gasteiger partial charge in [0.1, 0.15) is 11.5 Å². The molecule has 1 aliphatic rings. The van der Waals surface area contributed by atoms with Crippen LogP contribution in [0.3, 0.4) is 0 Å². The van der Waals surface area contributed by atoms with Gasteiger partial charge in [-0.1, -0.05) is 24.3 Å². The van der Waals surface area contributed by atoms with Gasteiger partial charge in [0.15, 0.2) is 0 Å². The van der Waals surface area contributed by atoms with Gasteiger partial charge in [0.25, 0.3) is 0 Å². The highest BCUT2D eigenvalue weighted by molar-refractivity contribution is 6.05. The number of phenolic OH excluding ortho intramolecular Hbond substituents is 2. The first-order valence-electron chi connectivity index (χ1n) is 6.14. The third-order valence-electron chi connectivity index (χ3n) is 3.96. The molecule has 0 amide bonds. The Kier molecular flexibility index (Phi) is 1.72. The van der Waals surface area contributed by atoms with E-state index in [-0.39, 0.29) is 0 Å². The van der Waals surface area contributed by atoms with E-state index in [1.165, 1.54) is 0 Å². The molecule has 2 nitrogen and oxygen atoms in total. The van der Waals surface area contributed by atoms with Crippen molar-refractivity contribution in [1.82, 2.24) is 0 Å². The van der Waals surface area contributed by atoms with Crippen molar-refractivity contribution >= 4 is 21.5 Å². The molecule has 0 spiro atoms. The van der Waals surface area contributed by atoms with Crippen molar-refractivity contribution in [3.63, 3.8) is 0 Å². The maximum atomic E-state index is 10.3. The zero-order valence-electron chi connectivity index (χ0n) is 9.77. The second kappa shape index (κ2) is 3.16. The number of phenols is 2. The molecule has 2 heteroatoms. The summed E-state index contributed by atoms with van der Waals surface area (Å²) >= 11 is 0. The summed E-state index contributed by atoms with van der Waals surface area (Å²) in [5, 5.41) is 24.2. The van der Waals surface area contributed by atoms with Crippen molar-refractivity contribution in [3.8, 4) is 11.5 Å². The predicted octanol–water partition coefficient (Wildman–Crippen LogP) is 3.50. The molecular formula is C16H12O2. The molecule has 18 heavy (non-hydrogen) atoms. The maximum Gasteiger partial charge on any atom is 0.127 e. The molecule has 0 unspecified atom stereocenters. The average molecular weight is 236 g/mol. The molecule has 0 heterocycles. The number of aromatic hydroxyl groups is 2. The summed E-state index contributed by atoms with van der Waals surface area (Å²) in [6.07, 6.45) is 1.72. The highest BCUT2D eigenvalue weighted by Gasteiger charge is 2.25. The van der Waals surface area contributed by atoms with Crippen molar-refractivity contribution < 1.29 is 10.2 Å². The van der Waals surface area contributed by atoms with E-state index in [1.54, 1.807) is 0 Å². The standard InChI is InChI=1S/C16H12O2/c17-15-11-5-6-12(11)16(18)14-8-10-4-2-1-3-9(10)7-13(14)15/h1-4,7-8,17-18H,5-6H2. The van der Waals surface area contributed by atoms with E-state index < -0.39 is 0 Å². The fourth-order valence-corrected chi connectivity index (χ4v) is 2.85. The Hall–Kier alpha value is -2.22. The minimum atomic E-state index is 0.342. The lowest BCUT2D eigenvalue weighted by Gasteiger charge is -2.23. The van der Waals surface area contributed by atoms with Crippen LogP contribution in [0, 0.1) is 0 Å². The molecule has 1 aliphatic carbocycles. The van der Waals surface area contributed by atoms with E-state index in [0.29, 0.717) is 11.5 Å². The van der Waals surface area contributed by atoms with Gasteiger partial charge in [0.05, 0.1) is 0 Å². The fourth-order valence-electron chi connectivity index (χ4n) is 2.85. The van der Waals surface area contributed by atoms with Crippen LogP contribution in [-0.2, 0) is 12.8 Å². The number of hydrogen-bond donors (Lipinski definition) is 2. The van der Waals surface area contributed by atoms with Gasteiger partial charge in [0, 0.05) is 21.9 Å². The summed E-state index contributed by atoms with van der Waals surface area (Å²) in [6, 6.07) is 11.9. The Labute approximate surface area is 104 Å². The molecule has 3 aromatic rings. The number of hydrogen-bond acceptors (Lipinski definition) is 2. The Morgan fingerprint density at radius 1 is 0.722 bits per heavy atom. The normalized spacial score (nSPS) is 13.6. The van der Waals surface area contributed by atoms with E-state index in [4.69, 9.17) is 0 Å². The van der Waals surface area contributed by atoms with Crippen molar-refractivity contribution in [2.24, 2.45) is 0 Å². The molecule has 0 radical (unpaired) electrons. The number of rotatable bonds is 0. The first-order chi connectivity index (χ1) is 8.75. The second-order valence-corrected chi connectivity index (χ2v) is 4.90. The van der Waals surface area contributed by atoms with E-state index in [0.717, 1.165) is 45.5 Å². The summed E-state index contributed by atoms with van der Waals surface area (Å²) in [6.45, 7) is 0. The second-order valence-electron chi connectivity index (χ2n) is 4.90. The monoisotopic (exact) mass is 236 g/mol. The van der Waals surface area contributed by atoms with Crippen LogP contribution in [0.4, 0.5) is 0 Å². The molecule has 2 N–H and O–H groups in total. The first kappa shape index (κ1) is 9.77. The van der Waals surface area contributed by atoms with E-state index >= 15 is 0 Å². The smallest absolute Gasteiger partial charge is 0.127 e. The molecule has 0 saturated heterocycles. The highest BCUT2D eigenvalue weighted by Crippen LogP contribution is 2.46. The van der Waals surface area contributed by atoms with Gasteiger partial charge >= 0.3 is 0 Å². The van der Waals surface area contributed by atoms with Crippen molar-refractivity contribution in [2.45, 2.75) is 12.8 Å². The lowest BCUT2D eigenvalue weighted by Crippen LogP contribution is -2.09. The van der Waals surface area contributed by atoms with Crippen LogP contribution < -0.4 is 0 Å². The topological polar surface area (TPSA) is 40.5 Å². The highest BCUT2D eigenvalue weighted by atomic mass is 16.3. The lowest BCUT2D eigenvalue weighted by atomic mass is 9.83. The molecular weight excluding hydrogens is 224 g/mol. The minimum Gasteiger partial charge on any atom is -0.507 e. The zero-order chi connectivity index (χ0) is 12.3. The van der Waals surface area contributed by atoms with Crippen LogP contribution in [0.1, 0.15) is 11.1 Å². The van der Waals surface area contributed by atoms with Crippen LogP contribution in [0.15, 0.2) is 36.4 Å². The third kappa shape index (κ3) is 1.07. The van der Waals surface area contributed by atoms with E-state index in [2.05, 4.69) is 0 Å². The van der Waals surface area contributed by atoms with Gasteiger partial charge in [-0.05, 0) is 35.7 Å². The molecule has 88 valence electrons. The quantitative estimate of drug-likeness (QED) is 0.463. The third-order valence-corrected chi connectivity index (χ3v) is 3.96. The number of benzene rings is 3. The van der Waals surface area contributed by atoms with Gasteiger partial charge in [-0.25, -0.2) is 0 Å². The zero-order valence-corrected chi connectivity index (χ0v) is 9.77. The van der Waals surface area contributed by atoms with Crippen LogP contribution >= 0.6 is 0 Å². The predicted molar refractivity (Wildman–Crippen MR) is 72.2 cm³/mol. The van der Waals surface area contributed by atoms with Crippen LogP contribution in [-0.4, -0.2) is 10.2 Å². The summed E-state index contributed by atoms with van der Waals surface area (Å²) in [7, 11) is 0. The first-order valence-corrected chi connectivity index (χ1v) is 6.14. The molecule has 0 atom stereocenters. The van der Waals surface area contributed by atoms with Crippen molar-refractivity contribution in [3.05, 3.63) is 47.5 Å². The molecule has 0 bridgehead atoms. The van der Waals surface area contributed by atoms with Gasteiger partial charge < -0.3 is 10.2 Å². The lowest BCUT2D eigenvalue weighted by molar-refractivity contribution is 0.447. The summed E-state index contributed by atoms with van der Waals surface area (Å²) in [5.74, 6) is 0.685. The summed E-state index contributed by atoms with van der Waals surface area (Å²) in [5.41, 5.74) is 1.82. The Morgan fingerprint density at radius 3 is 1.56 bits per heavy atom. The van der Waals surface area contributed by atoms with Gasteiger partial charge in [0.2, 0.25) is 0 Å². The number of fused-ring (bicyclic) bond motifs is 3. The Balaban J connectivity index is 2.25. The van der Waals surface area contributed by atoms with Crippen LogP contribution in [0.2, 0.25) is 0 Å². The van der Waals surface area contributed by atoms with Crippen LogP contribution in [0.5, 0.6) is 11.5 Å². The SMILES string of the molecule is Oc1c2c(c(O)c3cc4ccccc4cc13)CC2. The maximum absolute atomic E-state index is 10.3. The minimum absolute atomic E-state index is 0.342. The molecule has 0 fully saturated rings. The largest absolute Gasteiger partial charge is 0.507 e.